The molecule has 0 aliphatic carbocycles. The van der Waals surface area contributed by atoms with E-state index in [2.05, 4.69) is 44.2 Å². The van der Waals surface area contributed by atoms with Crippen LogP contribution in [0.15, 0.2) is 40.3 Å². The summed E-state index contributed by atoms with van der Waals surface area (Å²) >= 11 is 11.5. The van der Waals surface area contributed by atoms with Crippen LogP contribution in [0.1, 0.15) is 10.4 Å². The van der Waals surface area contributed by atoms with Crippen molar-refractivity contribution in [2.24, 2.45) is 5.73 Å². The van der Waals surface area contributed by atoms with Crippen LogP contribution in [0.4, 0.5) is 0 Å². The second-order valence-corrected chi connectivity index (χ2v) is 6.97. The summed E-state index contributed by atoms with van der Waals surface area (Å²) in [6, 6.07) is 8.13. The van der Waals surface area contributed by atoms with Gasteiger partial charge in [-0.3, -0.25) is 0 Å². The van der Waals surface area contributed by atoms with Crippen molar-refractivity contribution >= 4 is 49.8 Å². The molecule has 0 amide bonds. The predicted molar refractivity (Wildman–Crippen MR) is 90.8 cm³/mol. The first-order valence-electron chi connectivity index (χ1n) is 6.38. The lowest BCUT2D eigenvalue weighted by atomic mass is 10.1. The van der Waals surface area contributed by atoms with Crippen molar-refractivity contribution in [3.63, 3.8) is 0 Å². The Kier molecular flexibility index (Phi) is 4.17. The minimum absolute atomic E-state index is 0.657. The smallest absolute Gasteiger partial charge is 0.0580 e. The van der Waals surface area contributed by atoms with Gasteiger partial charge in [0.15, 0.2) is 0 Å². The number of hydrogen-bond donors (Lipinski definition) is 1. The molecule has 104 valence electrons. The van der Waals surface area contributed by atoms with Crippen molar-refractivity contribution in [1.29, 1.82) is 0 Å². The van der Waals surface area contributed by atoms with Crippen molar-refractivity contribution in [3.05, 3.63) is 55.8 Å². The molecule has 0 saturated carbocycles. The molecule has 2 aromatic heterocycles. The van der Waals surface area contributed by atoms with Gasteiger partial charge in [0, 0.05) is 26.0 Å². The van der Waals surface area contributed by atoms with Gasteiger partial charge in [-0.1, -0.05) is 17.7 Å². The first kappa shape index (κ1) is 14.1. The fourth-order valence-electron chi connectivity index (χ4n) is 2.42. The molecule has 0 aliphatic rings. The average molecular weight is 370 g/mol. The quantitative estimate of drug-likeness (QED) is 0.712. The highest BCUT2D eigenvalue weighted by Crippen LogP contribution is 2.29. The molecule has 0 fully saturated rings. The number of nitrogens with two attached hydrogens (primary N) is 1. The largest absolute Gasteiger partial charge is 0.342 e. The van der Waals surface area contributed by atoms with Crippen LogP contribution in [0.2, 0.25) is 5.02 Å². The van der Waals surface area contributed by atoms with E-state index in [1.54, 1.807) is 11.3 Å². The molecule has 0 aliphatic heterocycles. The summed E-state index contributed by atoms with van der Waals surface area (Å²) in [5, 5.41) is 4.10. The fraction of sp³-hybridized carbons (Fsp3) is 0.200. The number of nitrogens with zero attached hydrogens (tertiary/aromatic N) is 1. The van der Waals surface area contributed by atoms with Crippen LogP contribution in [-0.4, -0.2) is 11.1 Å². The van der Waals surface area contributed by atoms with Crippen molar-refractivity contribution < 1.29 is 0 Å². The predicted octanol–water partition coefficient (Wildman–Crippen LogP) is 4.67. The molecule has 2 nitrogen and oxygen atoms in total. The van der Waals surface area contributed by atoms with Crippen molar-refractivity contribution in [2.45, 2.75) is 13.0 Å². The van der Waals surface area contributed by atoms with Crippen molar-refractivity contribution in [2.75, 3.05) is 6.54 Å². The summed E-state index contributed by atoms with van der Waals surface area (Å²) in [5.74, 6) is 0. The first-order valence-corrected chi connectivity index (χ1v) is 8.43. The maximum absolute atomic E-state index is 6.15. The van der Waals surface area contributed by atoms with Gasteiger partial charge in [-0.25, -0.2) is 0 Å². The van der Waals surface area contributed by atoms with Gasteiger partial charge in [0.05, 0.1) is 12.1 Å². The Hall–Kier alpha value is -0.810. The first-order chi connectivity index (χ1) is 9.69. The molecular formula is C15H14BrClN2S. The highest BCUT2D eigenvalue weighted by atomic mass is 79.9. The van der Waals surface area contributed by atoms with Gasteiger partial charge in [0.25, 0.3) is 0 Å². The van der Waals surface area contributed by atoms with Crippen LogP contribution >= 0.6 is 38.9 Å². The molecule has 0 saturated heterocycles. The minimum Gasteiger partial charge on any atom is -0.342 e. The van der Waals surface area contributed by atoms with Crippen molar-refractivity contribution in [1.82, 2.24) is 4.57 Å². The molecule has 0 atom stereocenters. The second kappa shape index (κ2) is 5.90. The van der Waals surface area contributed by atoms with Gasteiger partial charge in [0.1, 0.15) is 0 Å². The fourth-order valence-corrected chi connectivity index (χ4v) is 4.06. The number of halogens is 2. The maximum Gasteiger partial charge on any atom is 0.0580 e. The van der Waals surface area contributed by atoms with Crippen LogP contribution in [0, 0.1) is 0 Å². The summed E-state index contributed by atoms with van der Waals surface area (Å²) in [5.41, 5.74) is 8.16. The van der Waals surface area contributed by atoms with Gasteiger partial charge in [-0.15, -0.1) is 11.3 Å². The van der Waals surface area contributed by atoms with E-state index in [0.717, 1.165) is 22.5 Å². The molecule has 0 spiro atoms. The Bertz CT molecular complexity index is 747. The lowest BCUT2D eigenvalue weighted by Crippen LogP contribution is -2.02. The van der Waals surface area contributed by atoms with E-state index < -0.39 is 0 Å². The van der Waals surface area contributed by atoms with Crippen LogP contribution in [0.3, 0.4) is 0 Å². The topological polar surface area (TPSA) is 30.9 Å². The second-order valence-electron chi connectivity index (χ2n) is 4.67. The van der Waals surface area contributed by atoms with Crippen molar-refractivity contribution in [3.8, 4) is 0 Å². The third-order valence-electron chi connectivity index (χ3n) is 3.35. The number of aromatic nitrogens is 1. The van der Waals surface area contributed by atoms with Crippen LogP contribution in [-0.2, 0) is 13.0 Å². The maximum atomic E-state index is 6.15. The Morgan fingerprint density at radius 3 is 2.85 bits per heavy atom. The van der Waals surface area contributed by atoms with E-state index in [-0.39, 0.29) is 0 Å². The number of rotatable bonds is 4. The van der Waals surface area contributed by atoms with Gasteiger partial charge < -0.3 is 10.3 Å². The van der Waals surface area contributed by atoms with Gasteiger partial charge in [0.2, 0.25) is 0 Å². The summed E-state index contributed by atoms with van der Waals surface area (Å²) in [4.78, 5) is 1.31. The third kappa shape index (κ3) is 2.66. The van der Waals surface area contributed by atoms with Gasteiger partial charge in [-0.2, -0.15) is 0 Å². The highest BCUT2D eigenvalue weighted by Gasteiger charge is 2.10. The number of benzene rings is 1. The Balaban J connectivity index is 2.09. The highest BCUT2D eigenvalue weighted by molar-refractivity contribution is 9.10. The van der Waals surface area contributed by atoms with E-state index in [1.165, 1.54) is 21.3 Å². The normalized spacial score (nSPS) is 11.3. The van der Waals surface area contributed by atoms with Crippen LogP contribution in [0.25, 0.3) is 10.9 Å². The Labute approximate surface area is 135 Å². The Morgan fingerprint density at radius 1 is 1.30 bits per heavy atom. The standard InChI is InChI=1S/C15H14BrClN2S/c16-13-4-6-20-15(13)9-19-8-10(3-5-18)12-2-1-11(17)7-14(12)19/h1-2,4,6-8H,3,5,9,18H2. The zero-order chi connectivity index (χ0) is 14.1. The molecule has 0 bridgehead atoms. The summed E-state index contributed by atoms with van der Waals surface area (Å²) in [6.45, 7) is 1.50. The molecule has 3 rings (SSSR count). The van der Waals surface area contributed by atoms with Gasteiger partial charge >= 0.3 is 0 Å². The molecular weight excluding hydrogens is 356 g/mol. The number of fused-ring (bicyclic) bond motifs is 1. The summed E-state index contributed by atoms with van der Waals surface area (Å²) < 4.78 is 3.41. The van der Waals surface area contributed by atoms with E-state index in [1.807, 2.05) is 12.1 Å². The zero-order valence-electron chi connectivity index (χ0n) is 10.8. The lowest BCUT2D eigenvalue weighted by molar-refractivity contribution is 0.838. The molecule has 3 aromatic rings. The third-order valence-corrected chi connectivity index (χ3v) is 5.49. The molecule has 2 N–H and O–H groups in total. The van der Waals surface area contributed by atoms with Gasteiger partial charge in [-0.05, 0) is 58.0 Å². The molecule has 2 heterocycles. The van der Waals surface area contributed by atoms with E-state index >= 15 is 0 Å². The SMILES string of the molecule is NCCc1cn(Cc2sccc2Br)c2cc(Cl)ccc12. The van der Waals surface area contributed by atoms with Crippen LogP contribution < -0.4 is 5.73 Å². The summed E-state index contributed by atoms with van der Waals surface area (Å²) in [6.07, 6.45) is 3.08. The Morgan fingerprint density at radius 2 is 2.15 bits per heavy atom. The number of thiophene rings is 1. The van der Waals surface area contributed by atoms with E-state index in [4.69, 9.17) is 17.3 Å². The van der Waals surface area contributed by atoms with E-state index in [0.29, 0.717) is 6.54 Å². The minimum atomic E-state index is 0.657. The zero-order valence-corrected chi connectivity index (χ0v) is 13.9. The lowest BCUT2D eigenvalue weighted by Gasteiger charge is -2.04. The molecule has 5 heteroatoms. The van der Waals surface area contributed by atoms with E-state index in [9.17, 15) is 0 Å². The monoisotopic (exact) mass is 368 g/mol. The molecule has 20 heavy (non-hydrogen) atoms. The van der Waals surface area contributed by atoms with Crippen LogP contribution in [0.5, 0.6) is 0 Å². The molecule has 0 radical (unpaired) electrons. The molecule has 1 aromatic carbocycles. The number of hydrogen-bond acceptors (Lipinski definition) is 2. The average Bonchev–Trinajstić information content (AvgIpc) is 2.96. The molecule has 0 unspecified atom stereocenters. The summed E-state index contributed by atoms with van der Waals surface area (Å²) in [7, 11) is 0.